The Balaban J connectivity index is 3.47. The SMILES string of the molecule is CON(c1cc(Cl)ccc1C(=O)O)S(C)(=O)=O. The van der Waals surface area contributed by atoms with Crippen LogP contribution in [-0.2, 0) is 14.9 Å². The second kappa shape index (κ2) is 4.91. The molecule has 0 spiro atoms. The van der Waals surface area contributed by atoms with Crippen LogP contribution in [0.3, 0.4) is 0 Å². The van der Waals surface area contributed by atoms with E-state index in [1.54, 1.807) is 0 Å². The largest absolute Gasteiger partial charge is 0.478 e. The molecule has 0 aliphatic rings. The number of carboxylic acid groups (broad SMARTS) is 1. The summed E-state index contributed by atoms with van der Waals surface area (Å²) in [6.07, 6.45) is 0.892. The number of carboxylic acids is 1. The van der Waals surface area contributed by atoms with Gasteiger partial charge in [-0.05, 0) is 18.2 Å². The van der Waals surface area contributed by atoms with Crippen molar-refractivity contribution in [2.45, 2.75) is 0 Å². The van der Waals surface area contributed by atoms with Gasteiger partial charge in [0.25, 0.3) is 10.0 Å². The molecule has 1 aromatic rings. The van der Waals surface area contributed by atoms with Crippen LogP contribution in [0.4, 0.5) is 5.69 Å². The smallest absolute Gasteiger partial charge is 0.337 e. The second-order valence-electron chi connectivity index (χ2n) is 3.14. The lowest BCUT2D eigenvalue weighted by Crippen LogP contribution is -2.30. The molecule has 0 unspecified atom stereocenters. The summed E-state index contributed by atoms with van der Waals surface area (Å²) in [5.41, 5.74) is -0.364. The van der Waals surface area contributed by atoms with Crippen LogP contribution in [0.1, 0.15) is 10.4 Å². The van der Waals surface area contributed by atoms with Gasteiger partial charge in [-0.2, -0.15) is 0 Å². The van der Waals surface area contributed by atoms with E-state index in [4.69, 9.17) is 16.7 Å². The zero-order valence-corrected chi connectivity index (χ0v) is 10.6. The van der Waals surface area contributed by atoms with Crippen molar-refractivity contribution in [2.24, 2.45) is 0 Å². The maximum atomic E-state index is 11.4. The normalized spacial score (nSPS) is 11.2. The predicted molar refractivity (Wildman–Crippen MR) is 62.7 cm³/mol. The summed E-state index contributed by atoms with van der Waals surface area (Å²) in [5.74, 6) is -1.28. The molecule has 1 N–H and O–H groups in total. The number of carbonyl (C=O) groups is 1. The first-order valence-electron chi connectivity index (χ1n) is 4.34. The summed E-state index contributed by atoms with van der Waals surface area (Å²) < 4.78 is 23.3. The topological polar surface area (TPSA) is 83.9 Å². The minimum absolute atomic E-state index is 0.144. The zero-order valence-electron chi connectivity index (χ0n) is 9.05. The number of rotatable bonds is 4. The minimum atomic E-state index is -3.75. The van der Waals surface area contributed by atoms with E-state index < -0.39 is 16.0 Å². The van der Waals surface area contributed by atoms with Crippen molar-refractivity contribution in [3.63, 3.8) is 0 Å². The predicted octanol–water partition coefficient (Wildman–Crippen LogP) is 1.37. The van der Waals surface area contributed by atoms with Gasteiger partial charge < -0.3 is 5.11 Å². The van der Waals surface area contributed by atoms with E-state index in [0.29, 0.717) is 4.47 Å². The molecule has 0 aliphatic carbocycles. The average molecular weight is 280 g/mol. The van der Waals surface area contributed by atoms with Crippen molar-refractivity contribution in [3.05, 3.63) is 28.8 Å². The standard InChI is InChI=1S/C9H10ClNO5S/c1-16-11(17(2,14)15)8-5-6(10)3-4-7(8)9(12)13/h3-5H,1-2H3,(H,12,13). The Hall–Kier alpha value is -1.31. The lowest BCUT2D eigenvalue weighted by atomic mass is 10.2. The summed E-state index contributed by atoms with van der Waals surface area (Å²) in [4.78, 5) is 15.6. The van der Waals surface area contributed by atoms with Crippen molar-refractivity contribution < 1.29 is 23.2 Å². The fraction of sp³-hybridized carbons (Fsp3) is 0.222. The van der Waals surface area contributed by atoms with Gasteiger partial charge in [0.1, 0.15) is 0 Å². The fourth-order valence-corrected chi connectivity index (χ4v) is 2.19. The van der Waals surface area contributed by atoms with Gasteiger partial charge in [0.15, 0.2) is 0 Å². The first-order chi connectivity index (χ1) is 7.77. The first kappa shape index (κ1) is 13.8. The minimum Gasteiger partial charge on any atom is -0.478 e. The lowest BCUT2D eigenvalue weighted by Gasteiger charge is -2.20. The highest BCUT2D eigenvalue weighted by Gasteiger charge is 2.23. The maximum absolute atomic E-state index is 11.4. The molecule has 8 heteroatoms. The average Bonchev–Trinajstić information content (AvgIpc) is 2.15. The summed E-state index contributed by atoms with van der Waals surface area (Å²) >= 11 is 5.70. The van der Waals surface area contributed by atoms with Crippen molar-refractivity contribution in [1.82, 2.24) is 0 Å². The van der Waals surface area contributed by atoms with Crippen LogP contribution >= 0.6 is 11.6 Å². The number of anilines is 1. The summed E-state index contributed by atoms with van der Waals surface area (Å²) in [6.45, 7) is 0. The molecule has 1 rings (SSSR count). The molecule has 0 fully saturated rings. The molecule has 17 heavy (non-hydrogen) atoms. The van der Waals surface area contributed by atoms with Crippen molar-refractivity contribution in [3.8, 4) is 0 Å². The van der Waals surface area contributed by atoms with Gasteiger partial charge in [-0.15, -0.1) is 4.47 Å². The zero-order chi connectivity index (χ0) is 13.2. The summed E-state index contributed by atoms with van der Waals surface area (Å²) in [5, 5.41) is 9.15. The fourth-order valence-electron chi connectivity index (χ4n) is 1.25. The van der Waals surface area contributed by atoms with Crippen LogP contribution in [0.15, 0.2) is 18.2 Å². The molecule has 94 valence electrons. The number of nitrogens with zero attached hydrogens (tertiary/aromatic N) is 1. The molecular weight excluding hydrogens is 270 g/mol. The molecule has 0 amide bonds. The van der Waals surface area contributed by atoms with Gasteiger partial charge in [-0.25, -0.2) is 13.2 Å². The van der Waals surface area contributed by atoms with Crippen LogP contribution in [-0.4, -0.2) is 32.9 Å². The Labute approximate surface area is 103 Å². The van der Waals surface area contributed by atoms with Crippen molar-refractivity contribution in [1.29, 1.82) is 0 Å². The van der Waals surface area contributed by atoms with Gasteiger partial charge >= 0.3 is 5.97 Å². The van der Waals surface area contributed by atoms with E-state index in [-0.39, 0.29) is 16.3 Å². The lowest BCUT2D eigenvalue weighted by molar-refractivity contribution is 0.0696. The van der Waals surface area contributed by atoms with Crippen LogP contribution in [0.5, 0.6) is 0 Å². The number of hydrogen-bond acceptors (Lipinski definition) is 4. The number of benzene rings is 1. The Bertz CT molecular complexity index is 542. The van der Waals surface area contributed by atoms with E-state index in [1.165, 1.54) is 18.2 Å². The van der Waals surface area contributed by atoms with Crippen LogP contribution in [0.2, 0.25) is 5.02 Å². The van der Waals surface area contributed by atoms with Crippen LogP contribution in [0, 0.1) is 0 Å². The van der Waals surface area contributed by atoms with E-state index in [2.05, 4.69) is 4.84 Å². The molecule has 0 aromatic heterocycles. The highest BCUT2D eigenvalue weighted by Crippen LogP contribution is 2.26. The Morgan fingerprint density at radius 2 is 2.06 bits per heavy atom. The third kappa shape index (κ3) is 3.09. The van der Waals surface area contributed by atoms with Crippen LogP contribution in [0.25, 0.3) is 0 Å². The third-order valence-electron chi connectivity index (χ3n) is 1.85. The summed E-state index contributed by atoms with van der Waals surface area (Å²) in [6, 6.07) is 3.76. The molecule has 0 radical (unpaired) electrons. The molecule has 0 heterocycles. The number of hydrogen-bond donors (Lipinski definition) is 1. The number of halogens is 1. The molecule has 6 nitrogen and oxygen atoms in total. The van der Waals surface area contributed by atoms with Crippen molar-refractivity contribution in [2.75, 3.05) is 17.8 Å². The Morgan fingerprint density at radius 3 is 2.47 bits per heavy atom. The van der Waals surface area contributed by atoms with Crippen molar-refractivity contribution >= 4 is 33.3 Å². The van der Waals surface area contributed by atoms with E-state index in [9.17, 15) is 13.2 Å². The highest BCUT2D eigenvalue weighted by atomic mass is 35.5. The van der Waals surface area contributed by atoms with E-state index in [0.717, 1.165) is 13.4 Å². The Morgan fingerprint density at radius 1 is 1.47 bits per heavy atom. The molecule has 0 atom stereocenters. The van der Waals surface area contributed by atoms with Gasteiger partial charge in [0.05, 0.1) is 24.6 Å². The van der Waals surface area contributed by atoms with E-state index >= 15 is 0 Å². The van der Waals surface area contributed by atoms with Gasteiger partial charge in [0.2, 0.25) is 0 Å². The molecule has 0 bridgehead atoms. The molecule has 0 saturated carbocycles. The van der Waals surface area contributed by atoms with Gasteiger partial charge in [-0.3, -0.25) is 4.84 Å². The number of aromatic carboxylic acids is 1. The molecule has 0 saturated heterocycles. The Kier molecular flexibility index (Phi) is 3.97. The quantitative estimate of drug-likeness (QED) is 0.842. The molecular formula is C9H10ClNO5S. The molecule has 1 aromatic carbocycles. The van der Waals surface area contributed by atoms with E-state index in [1.807, 2.05) is 0 Å². The van der Waals surface area contributed by atoms with Gasteiger partial charge in [-0.1, -0.05) is 11.6 Å². The second-order valence-corrected chi connectivity index (χ2v) is 5.37. The third-order valence-corrected chi connectivity index (χ3v) is 3.04. The van der Waals surface area contributed by atoms with Crippen LogP contribution < -0.4 is 4.47 Å². The number of sulfonamides is 1. The molecule has 0 aliphatic heterocycles. The maximum Gasteiger partial charge on any atom is 0.337 e. The first-order valence-corrected chi connectivity index (χ1v) is 6.57. The van der Waals surface area contributed by atoms with Gasteiger partial charge in [0, 0.05) is 5.02 Å². The monoisotopic (exact) mass is 279 g/mol. The highest BCUT2D eigenvalue weighted by molar-refractivity contribution is 7.91. The summed E-state index contributed by atoms with van der Waals surface area (Å²) in [7, 11) is -2.63.